The zero-order chi connectivity index (χ0) is 18.3. The van der Waals surface area contributed by atoms with Crippen molar-refractivity contribution in [3.8, 4) is 17.5 Å². The first kappa shape index (κ1) is 16.4. The van der Waals surface area contributed by atoms with Gasteiger partial charge in [0.1, 0.15) is 11.5 Å². The molecule has 4 rings (SSSR count). The smallest absolute Gasteiger partial charge is 0.230 e. The van der Waals surface area contributed by atoms with Crippen molar-refractivity contribution >= 4 is 17.3 Å². The van der Waals surface area contributed by atoms with Crippen molar-refractivity contribution in [2.45, 2.75) is 37.5 Å². The molecule has 1 fully saturated rings. The highest BCUT2D eigenvalue weighted by molar-refractivity contribution is 6.12. The zero-order valence-corrected chi connectivity index (χ0v) is 15.2. The average molecular weight is 343 g/mol. The van der Waals surface area contributed by atoms with Crippen molar-refractivity contribution < 1.29 is 0 Å². The summed E-state index contributed by atoms with van der Waals surface area (Å²) < 4.78 is 1.94. The van der Waals surface area contributed by atoms with E-state index in [-0.39, 0.29) is 5.41 Å². The van der Waals surface area contributed by atoms with Crippen LogP contribution < -0.4 is 4.90 Å². The van der Waals surface area contributed by atoms with Gasteiger partial charge >= 0.3 is 0 Å². The normalized spacial score (nSPS) is 19.4. The Bertz CT molecular complexity index is 977. The Balaban J connectivity index is 1.90. The molecule has 1 aliphatic heterocycles. The Morgan fingerprint density at radius 2 is 1.92 bits per heavy atom. The van der Waals surface area contributed by atoms with Gasteiger partial charge in [0, 0.05) is 18.3 Å². The first-order chi connectivity index (χ1) is 12.6. The summed E-state index contributed by atoms with van der Waals surface area (Å²) in [5, 5.41) is 9.24. The van der Waals surface area contributed by atoms with Crippen LogP contribution in [0.1, 0.15) is 37.7 Å². The summed E-state index contributed by atoms with van der Waals surface area (Å²) in [7, 11) is 3.94. The number of amidine groups is 1. The van der Waals surface area contributed by atoms with E-state index < -0.39 is 0 Å². The molecule has 2 heterocycles. The number of benzene rings is 1. The Hall–Kier alpha value is -3.05. The van der Waals surface area contributed by atoms with Gasteiger partial charge in [0.25, 0.3) is 0 Å². The maximum absolute atomic E-state index is 9.24. The van der Waals surface area contributed by atoms with Crippen LogP contribution in [-0.4, -0.2) is 17.5 Å². The fourth-order valence-electron chi connectivity index (χ4n) is 4.71. The third-order valence-corrected chi connectivity index (χ3v) is 5.99. The molecule has 0 unspecified atom stereocenters. The van der Waals surface area contributed by atoms with Gasteiger partial charge in [-0.1, -0.05) is 25.8 Å². The van der Waals surface area contributed by atoms with E-state index in [2.05, 4.69) is 32.9 Å². The minimum Gasteiger partial charge on any atom is -0.364 e. The average Bonchev–Trinajstić information content (AvgIpc) is 3.14. The lowest BCUT2D eigenvalue weighted by Gasteiger charge is -2.34. The molecule has 0 atom stereocenters. The minimum absolute atomic E-state index is 0.151. The highest BCUT2D eigenvalue weighted by atomic mass is 15.2. The molecule has 2 aromatic rings. The Kier molecular flexibility index (Phi) is 3.81. The van der Waals surface area contributed by atoms with E-state index in [1.165, 1.54) is 12.0 Å². The molecule has 130 valence electrons. The molecular weight excluding hydrogens is 322 g/mol. The molecule has 1 aromatic carbocycles. The predicted molar refractivity (Wildman–Crippen MR) is 103 cm³/mol. The van der Waals surface area contributed by atoms with E-state index in [0.717, 1.165) is 48.5 Å². The van der Waals surface area contributed by atoms with Crippen molar-refractivity contribution in [1.82, 2.24) is 4.57 Å². The lowest BCUT2D eigenvalue weighted by Crippen LogP contribution is -2.40. The molecule has 1 spiro atoms. The largest absolute Gasteiger partial charge is 0.364 e. The molecule has 1 saturated carbocycles. The first-order valence-electron chi connectivity index (χ1n) is 9.01. The summed E-state index contributed by atoms with van der Waals surface area (Å²) in [5.41, 5.74) is 4.42. The van der Waals surface area contributed by atoms with Crippen LogP contribution in [0.15, 0.2) is 35.3 Å². The fraction of sp³-hybridized carbons (Fsp3) is 0.381. The van der Waals surface area contributed by atoms with Crippen molar-refractivity contribution in [1.29, 1.82) is 5.26 Å². The highest BCUT2D eigenvalue weighted by Gasteiger charge is 2.48. The summed E-state index contributed by atoms with van der Waals surface area (Å²) >= 11 is 0. The number of anilines is 1. The first-order valence-corrected chi connectivity index (χ1v) is 9.01. The lowest BCUT2D eigenvalue weighted by molar-refractivity contribution is 0.385. The van der Waals surface area contributed by atoms with Crippen LogP contribution in [0.25, 0.3) is 16.1 Å². The molecule has 26 heavy (non-hydrogen) atoms. The van der Waals surface area contributed by atoms with Crippen molar-refractivity contribution in [3.05, 3.63) is 47.3 Å². The molecule has 0 amide bonds. The van der Waals surface area contributed by atoms with E-state index in [1.54, 1.807) is 0 Å². The second-order valence-corrected chi connectivity index (χ2v) is 7.22. The topological polar surface area (TPSA) is 48.7 Å². The predicted octanol–water partition coefficient (Wildman–Crippen LogP) is 4.77. The minimum atomic E-state index is -0.151. The molecule has 5 heteroatoms. The van der Waals surface area contributed by atoms with Gasteiger partial charge in [-0.15, -0.1) is 0 Å². The van der Waals surface area contributed by atoms with Crippen molar-refractivity contribution in [2.24, 2.45) is 12.0 Å². The van der Waals surface area contributed by atoms with Crippen LogP contribution in [0.4, 0.5) is 11.5 Å². The standard InChI is InChI=1S/C21H21N5/c1-23-19-10-9-17(25(19)2)15-7-8-18-16(13-15)21(11-5-4-6-12-21)20(24-14-22)26(18)3/h7-10,13H,4-6,11-12H2,2-3H3. The van der Waals surface area contributed by atoms with Crippen LogP contribution >= 0.6 is 0 Å². The maximum atomic E-state index is 9.24. The van der Waals surface area contributed by atoms with E-state index in [9.17, 15) is 5.26 Å². The van der Waals surface area contributed by atoms with Gasteiger partial charge in [-0.3, -0.25) is 4.57 Å². The lowest BCUT2D eigenvalue weighted by atomic mass is 9.69. The van der Waals surface area contributed by atoms with E-state index in [1.807, 2.05) is 37.0 Å². The molecule has 1 aliphatic carbocycles. The second kappa shape index (κ2) is 6.04. The van der Waals surface area contributed by atoms with Crippen molar-refractivity contribution in [3.63, 3.8) is 0 Å². The van der Waals surface area contributed by atoms with E-state index in [4.69, 9.17) is 6.57 Å². The molecule has 0 radical (unpaired) electrons. The number of hydrogen-bond acceptors (Lipinski definition) is 2. The number of hydrogen-bond donors (Lipinski definition) is 0. The summed E-state index contributed by atoms with van der Waals surface area (Å²) in [6.45, 7) is 7.29. The second-order valence-electron chi connectivity index (χ2n) is 7.22. The van der Waals surface area contributed by atoms with Gasteiger partial charge in [0.2, 0.25) is 12.0 Å². The van der Waals surface area contributed by atoms with Crippen LogP contribution in [-0.2, 0) is 12.5 Å². The molecule has 5 nitrogen and oxygen atoms in total. The molecule has 0 N–H and O–H groups in total. The third-order valence-electron chi connectivity index (χ3n) is 5.99. The maximum Gasteiger partial charge on any atom is 0.230 e. The van der Waals surface area contributed by atoms with Crippen molar-refractivity contribution in [2.75, 3.05) is 11.9 Å². The molecule has 1 aromatic heterocycles. The zero-order valence-electron chi connectivity index (χ0n) is 15.2. The third kappa shape index (κ3) is 2.17. The quantitative estimate of drug-likeness (QED) is 0.553. The summed E-state index contributed by atoms with van der Waals surface area (Å²) in [5.74, 6) is 1.53. The Morgan fingerprint density at radius 3 is 2.58 bits per heavy atom. The number of aromatic nitrogens is 1. The molecule has 0 saturated heterocycles. The monoisotopic (exact) mass is 343 g/mol. The van der Waals surface area contributed by atoms with Gasteiger partial charge in [0.15, 0.2) is 0 Å². The van der Waals surface area contributed by atoms with Crippen LogP contribution in [0.3, 0.4) is 0 Å². The number of aliphatic imine (C=N–C) groups is 1. The van der Waals surface area contributed by atoms with Gasteiger partial charge in [0.05, 0.1) is 12.5 Å². The van der Waals surface area contributed by atoms with Crippen LogP contribution in [0.5, 0.6) is 0 Å². The molecule has 2 aliphatic rings. The number of nitrogens with zero attached hydrogens (tertiary/aromatic N) is 5. The summed E-state index contributed by atoms with van der Waals surface area (Å²) in [6.07, 6.45) is 7.66. The van der Waals surface area contributed by atoms with Gasteiger partial charge < -0.3 is 9.74 Å². The summed E-state index contributed by atoms with van der Waals surface area (Å²) in [4.78, 5) is 9.89. The summed E-state index contributed by atoms with van der Waals surface area (Å²) in [6, 6.07) is 10.3. The Labute approximate surface area is 154 Å². The number of nitriles is 1. The highest BCUT2D eigenvalue weighted by Crippen LogP contribution is 2.51. The van der Waals surface area contributed by atoms with Gasteiger partial charge in [-0.05, 0) is 48.7 Å². The number of rotatable bonds is 1. The van der Waals surface area contributed by atoms with E-state index >= 15 is 0 Å². The molecule has 0 bridgehead atoms. The SMILES string of the molecule is [C-]#[N+]c1ccc(-c2ccc3c(c2)C2(CCCCC2)C(=NC#N)N3C)n1C. The van der Waals surface area contributed by atoms with Crippen LogP contribution in [0.2, 0.25) is 0 Å². The number of fused-ring (bicyclic) bond motifs is 2. The van der Waals surface area contributed by atoms with Crippen LogP contribution in [0, 0.1) is 18.0 Å². The number of likely N-dealkylation sites (N-methyl/N-ethyl adjacent to an activating group) is 1. The van der Waals surface area contributed by atoms with Gasteiger partial charge in [-0.2, -0.15) is 10.3 Å². The fourth-order valence-corrected chi connectivity index (χ4v) is 4.71. The van der Waals surface area contributed by atoms with E-state index in [0.29, 0.717) is 5.82 Å². The molecular formula is C21H21N5. The van der Waals surface area contributed by atoms with Gasteiger partial charge in [-0.25, -0.2) is 0 Å². The Morgan fingerprint density at radius 1 is 1.15 bits per heavy atom.